The van der Waals surface area contributed by atoms with Gasteiger partial charge in [0.05, 0.1) is 0 Å². The second kappa shape index (κ2) is 16.8. The number of carbonyl (C=O) groups excluding carboxylic acids is 1. The van der Waals surface area contributed by atoms with Gasteiger partial charge in [0, 0.05) is 62.9 Å². The number of amides is 1. The van der Waals surface area contributed by atoms with Crippen molar-refractivity contribution in [3.05, 3.63) is 82.0 Å². The molecule has 0 radical (unpaired) electrons. The van der Waals surface area contributed by atoms with Gasteiger partial charge in [-0.15, -0.1) is 0 Å². The van der Waals surface area contributed by atoms with E-state index in [1.807, 2.05) is 22.7 Å². The van der Waals surface area contributed by atoms with Gasteiger partial charge in [0.1, 0.15) is 12.1 Å². The maximum Gasteiger partial charge on any atom is 0.277 e. The van der Waals surface area contributed by atoms with Crippen LogP contribution in [0.2, 0.25) is 0 Å². The highest BCUT2D eigenvalue weighted by Gasteiger charge is 2.13. The average molecular weight is 554 g/mol. The summed E-state index contributed by atoms with van der Waals surface area (Å²) in [5.41, 5.74) is 2.03. The van der Waals surface area contributed by atoms with E-state index in [9.17, 15) is 14.0 Å². The van der Waals surface area contributed by atoms with Crippen molar-refractivity contribution in [3.8, 4) is 0 Å². The number of hydrogen-bond acceptors (Lipinski definition) is 6. The molecule has 9 heteroatoms. The van der Waals surface area contributed by atoms with E-state index < -0.39 is 0 Å². The molecular formula is C30H40FN5O2S. The fraction of sp³-hybridized carbons (Fsp3) is 0.500. The molecule has 0 aliphatic carbocycles. The third-order valence-electron chi connectivity index (χ3n) is 6.63. The van der Waals surface area contributed by atoms with Gasteiger partial charge in [0.2, 0.25) is 5.91 Å². The van der Waals surface area contributed by atoms with Gasteiger partial charge in [0.25, 0.3) is 5.56 Å². The van der Waals surface area contributed by atoms with Crippen molar-refractivity contribution in [2.45, 2.75) is 88.6 Å². The van der Waals surface area contributed by atoms with E-state index in [4.69, 9.17) is 0 Å². The number of aryl methyl sites for hydroxylation is 1. The van der Waals surface area contributed by atoms with Crippen molar-refractivity contribution in [1.82, 2.24) is 24.4 Å². The summed E-state index contributed by atoms with van der Waals surface area (Å²) in [7, 11) is 1.88. The van der Waals surface area contributed by atoms with E-state index in [1.165, 1.54) is 62.3 Å². The number of nitrogens with zero attached hydrogens (tertiary/aromatic N) is 5. The lowest BCUT2D eigenvalue weighted by Crippen LogP contribution is -2.28. The molecule has 39 heavy (non-hydrogen) atoms. The minimum atomic E-state index is -0.290. The van der Waals surface area contributed by atoms with Crippen molar-refractivity contribution in [1.29, 1.82) is 0 Å². The molecule has 3 aromatic rings. The van der Waals surface area contributed by atoms with E-state index in [2.05, 4.69) is 21.9 Å². The van der Waals surface area contributed by atoms with Crippen LogP contribution < -0.4 is 5.56 Å². The summed E-state index contributed by atoms with van der Waals surface area (Å²) in [4.78, 5) is 39.8. The highest BCUT2D eigenvalue weighted by Crippen LogP contribution is 2.22. The van der Waals surface area contributed by atoms with Gasteiger partial charge in [-0.25, -0.2) is 14.4 Å². The van der Waals surface area contributed by atoms with Crippen molar-refractivity contribution < 1.29 is 9.18 Å². The lowest BCUT2D eigenvalue weighted by molar-refractivity contribution is -0.130. The molecule has 0 saturated heterocycles. The van der Waals surface area contributed by atoms with Crippen molar-refractivity contribution in [3.63, 3.8) is 0 Å². The first kappa shape index (κ1) is 30.5. The topological polar surface area (TPSA) is 81.0 Å². The van der Waals surface area contributed by atoms with Crippen molar-refractivity contribution in [2.75, 3.05) is 13.6 Å². The number of hydrogen-bond donors (Lipinski definition) is 0. The highest BCUT2D eigenvalue weighted by atomic mass is 32.2. The Morgan fingerprint density at radius 3 is 2.38 bits per heavy atom. The molecular weight excluding hydrogens is 513 g/mol. The van der Waals surface area contributed by atoms with Crippen LogP contribution in [0.15, 0.2) is 59.1 Å². The molecule has 0 N–H and O–H groups in total. The molecule has 7 nitrogen and oxygen atoms in total. The second-order valence-electron chi connectivity index (χ2n) is 9.93. The lowest BCUT2D eigenvalue weighted by atomic mass is 10.1. The Labute approximate surface area is 235 Å². The van der Waals surface area contributed by atoms with Gasteiger partial charge in [-0.1, -0.05) is 69.3 Å². The van der Waals surface area contributed by atoms with E-state index in [-0.39, 0.29) is 17.3 Å². The molecule has 1 amide bonds. The number of thioether (sulfide) groups is 1. The smallest absolute Gasteiger partial charge is 0.277 e. The first-order valence-corrected chi connectivity index (χ1v) is 14.9. The summed E-state index contributed by atoms with van der Waals surface area (Å²) in [6.07, 6.45) is 16.7. The van der Waals surface area contributed by atoms with Crippen LogP contribution in [0, 0.1) is 5.82 Å². The van der Waals surface area contributed by atoms with E-state index in [1.54, 1.807) is 24.5 Å². The predicted molar refractivity (Wildman–Crippen MR) is 154 cm³/mol. The molecule has 0 spiro atoms. The van der Waals surface area contributed by atoms with Crippen LogP contribution in [0.1, 0.15) is 81.4 Å². The Kier molecular flexibility index (Phi) is 13.1. The van der Waals surface area contributed by atoms with Gasteiger partial charge in [0.15, 0.2) is 5.16 Å². The Morgan fingerprint density at radius 1 is 0.974 bits per heavy atom. The minimum absolute atomic E-state index is 0.136. The van der Waals surface area contributed by atoms with Crippen LogP contribution in [0.4, 0.5) is 4.39 Å². The summed E-state index contributed by atoms with van der Waals surface area (Å²) in [5, 5.41) is 0.585. The van der Waals surface area contributed by atoms with Crippen LogP contribution in [-0.4, -0.2) is 43.9 Å². The molecule has 0 atom stereocenters. The van der Waals surface area contributed by atoms with E-state index in [0.717, 1.165) is 30.5 Å². The van der Waals surface area contributed by atoms with Gasteiger partial charge in [-0.3, -0.25) is 9.59 Å². The molecule has 0 saturated carbocycles. The van der Waals surface area contributed by atoms with Crippen LogP contribution in [-0.2, 0) is 23.5 Å². The molecule has 2 aromatic heterocycles. The zero-order chi connectivity index (χ0) is 27.9. The predicted octanol–water partition coefficient (Wildman–Crippen LogP) is 6.04. The maximum atomic E-state index is 13.3. The molecule has 0 bridgehead atoms. The summed E-state index contributed by atoms with van der Waals surface area (Å²) in [5.74, 6) is 0.408. The number of benzene rings is 1. The number of unbranched alkanes of at least 4 members (excludes halogenated alkanes) is 6. The second-order valence-corrected chi connectivity index (χ2v) is 10.9. The minimum Gasteiger partial charge on any atom is -0.346 e. The largest absolute Gasteiger partial charge is 0.346 e. The van der Waals surface area contributed by atoms with Crippen LogP contribution in [0.3, 0.4) is 0 Å². The summed E-state index contributed by atoms with van der Waals surface area (Å²) in [6, 6.07) is 6.31. The van der Waals surface area contributed by atoms with Crippen molar-refractivity contribution in [2.24, 2.45) is 0 Å². The Bertz CT molecular complexity index is 1200. The monoisotopic (exact) mass is 553 g/mol. The summed E-state index contributed by atoms with van der Waals surface area (Å²) < 4.78 is 15.2. The molecule has 0 aliphatic rings. The van der Waals surface area contributed by atoms with Gasteiger partial charge in [-0.2, -0.15) is 4.98 Å². The molecule has 0 unspecified atom stereocenters. The standard InChI is InChI=1S/C30H40FN5O2S/c1-3-4-5-6-7-8-9-16-35(2)28(37)11-10-17-36-21-26(18-25-19-32-23-33-20-25)29(38)34-30(36)39-22-24-12-14-27(31)15-13-24/h12-15,19-21,23H,3-11,16-18,22H2,1-2H3. The first-order valence-electron chi connectivity index (χ1n) is 13.9. The van der Waals surface area contributed by atoms with Crippen LogP contribution >= 0.6 is 11.8 Å². The first-order chi connectivity index (χ1) is 19.0. The lowest BCUT2D eigenvalue weighted by Gasteiger charge is -2.18. The number of halogens is 1. The fourth-order valence-electron chi connectivity index (χ4n) is 4.31. The van der Waals surface area contributed by atoms with Crippen LogP contribution in [0.5, 0.6) is 0 Å². The molecule has 210 valence electrons. The molecule has 2 heterocycles. The normalized spacial score (nSPS) is 11.1. The summed E-state index contributed by atoms with van der Waals surface area (Å²) in [6.45, 7) is 3.57. The van der Waals surface area contributed by atoms with E-state index in [0.29, 0.717) is 42.3 Å². The van der Waals surface area contributed by atoms with Crippen LogP contribution in [0.25, 0.3) is 0 Å². The summed E-state index contributed by atoms with van der Waals surface area (Å²) >= 11 is 1.43. The average Bonchev–Trinajstić information content (AvgIpc) is 2.94. The number of rotatable bonds is 17. The van der Waals surface area contributed by atoms with Crippen molar-refractivity contribution >= 4 is 17.7 Å². The third-order valence-corrected chi connectivity index (χ3v) is 7.69. The molecule has 3 rings (SSSR count). The quantitative estimate of drug-likeness (QED) is 0.115. The zero-order valence-corrected chi connectivity index (χ0v) is 24.0. The Morgan fingerprint density at radius 2 is 1.67 bits per heavy atom. The zero-order valence-electron chi connectivity index (χ0n) is 23.1. The Hall–Kier alpha value is -3.07. The van der Waals surface area contributed by atoms with E-state index >= 15 is 0 Å². The number of aromatic nitrogens is 4. The SMILES string of the molecule is CCCCCCCCCN(C)C(=O)CCCn1cc(Cc2cncnc2)c(=O)nc1SCc1ccc(F)cc1. The van der Waals surface area contributed by atoms with Gasteiger partial charge in [-0.05, 0) is 36.1 Å². The van der Waals surface area contributed by atoms with Gasteiger partial charge >= 0.3 is 0 Å². The molecule has 0 fully saturated rings. The maximum absolute atomic E-state index is 13.3. The Balaban J connectivity index is 1.59. The highest BCUT2D eigenvalue weighted by molar-refractivity contribution is 7.98. The number of carbonyl (C=O) groups is 1. The van der Waals surface area contributed by atoms with Gasteiger partial charge < -0.3 is 9.47 Å². The molecule has 0 aliphatic heterocycles. The fourth-order valence-corrected chi connectivity index (χ4v) is 5.26. The third kappa shape index (κ3) is 10.9. The molecule has 1 aromatic carbocycles.